The zero-order valence-corrected chi connectivity index (χ0v) is 10.9. The molecule has 0 radical (unpaired) electrons. The van der Waals surface area contributed by atoms with Crippen LogP contribution in [0.15, 0.2) is 18.2 Å². The van der Waals surface area contributed by atoms with Crippen molar-refractivity contribution in [2.24, 2.45) is 0 Å². The molecule has 18 heavy (non-hydrogen) atoms. The van der Waals surface area contributed by atoms with E-state index in [2.05, 4.69) is 6.07 Å². The SMILES string of the molecule is COCCCOCCOc1cc(C#N)ccc1C. The van der Waals surface area contributed by atoms with E-state index in [0.717, 1.165) is 17.7 Å². The summed E-state index contributed by atoms with van der Waals surface area (Å²) in [7, 11) is 1.67. The number of aryl methyl sites for hydroxylation is 1. The van der Waals surface area contributed by atoms with Gasteiger partial charge in [0.2, 0.25) is 0 Å². The fourth-order valence-corrected chi connectivity index (χ4v) is 1.44. The molecule has 4 nitrogen and oxygen atoms in total. The van der Waals surface area contributed by atoms with E-state index < -0.39 is 0 Å². The van der Waals surface area contributed by atoms with Gasteiger partial charge in [0.15, 0.2) is 0 Å². The molecule has 1 rings (SSSR count). The highest BCUT2D eigenvalue weighted by atomic mass is 16.5. The number of hydrogen-bond acceptors (Lipinski definition) is 4. The summed E-state index contributed by atoms with van der Waals surface area (Å²) in [5.74, 6) is 0.745. The topological polar surface area (TPSA) is 51.5 Å². The summed E-state index contributed by atoms with van der Waals surface area (Å²) in [4.78, 5) is 0. The summed E-state index contributed by atoms with van der Waals surface area (Å²) in [6.07, 6.45) is 0.888. The van der Waals surface area contributed by atoms with Crippen LogP contribution in [0.1, 0.15) is 17.5 Å². The number of hydrogen-bond donors (Lipinski definition) is 0. The molecule has 0 saturated carbocycles. The fourth-order valence-electron chi connectivity index (χ4n) is 1.44. The van der Waals surface area contributed by atoms with Crippen LogP contribution in [0, 0.1) is 18.3 Å². The van der Waals surface area contributed by atoms with Gasteiger partial charge >= 0.3 is 0 Å². The molecule has 98 valence electrons. The van der Waals surface area contributed by atoms with Crippen molar-refractivity contribution >= 4 is 0 Å². The Kier molecular flexibility index (Phi) is 6.85. The average molecular weight is 249 g/mol. The molecule has 0 amide bonds. The van der Waals surface area contributed by atoms with Gasteiger partial charge in [0.1, 0.15) is 12.4 Å². The minimum atomic E-state index is 0.489. The second-order valence-electron chi connectivity index (χ2n) is 3.90. The molecule has 0 N–H and O–H groups in total. The van der Waals surface area contributed by atoms with E-state index in [1.54, 1.807) is 19.2 Å². The highest BCUT2D eigenvalue weighted by molar-refractivity contribution is 5.41. The first kappa shape index (κ1) is 14.5. The Morgan fingerprint density at radius 2 is 2.00 bits per heavy atom. The van der Waals surface area contributed by atoms with Gasteiger partial charge in [-0.15, -0.1) is 0 Å². The van der Waals surface area contributed by atoms with Crippen LogP contribution >= 0.6 is 0 Å². The van der Waals surface area contributed by atoms with Crippen molar-refractivity contribution in [1.29, 1.82) is 5.26 Å². The normalized spacial score (nSPS) is 10.1. The number of nitrogens with zero attached hydrogens (tertiary/aromatic N) is 1. The molecule has 1 aromatic carbocycles. The fraction of sp³-hybridized carbons (Fsp3) is 0.500. The molecule has 0 atom stereocenters. The largest absolute Gasteiger partial charge is 0.491 e. The van der Waals surface area contributed by atoms with Crippen LogP contribution < -0.4 is 4.74 Å². The summed E-state index contributed by atoms with van der Waals surface area (Å²) in [6.45, 7) is 4.37. The predicted octanol–water partition coefficient (Wildman–Crippen LogP) is 2.30. The molecule has 0 unspecified atom stereocenters. The molecule has 0 bridgehead atoms. The van der Waals surface area contributed by atoms with E-state index in [9.17, 15) is 0 Å². The van der Waals surface area contributed by atoms with Gasteiger partial charge < -0.3 is 14.2 Å². The van der Waals surface area contributed by atoms with Crippen molar-refractivity contribution in [3.8, 4) is 11.8 Å². The highest BCUT2D eigenvalue weighted by Gasteiger charge is 2.01. The first-order valence-corrected chi connectivity index (χ1v) is 5.98. The number of ether oxygens (including phenoxy) is 3. The van der Waals surface area contributed by atoms with Gasteiger partial charge in [-0.05, 0) is 31.0 Å². The molecule has 0 aliphatic rings. The predicted molar refractivity (Wildman–Crippen MR) is 68.7 cm³/mol. The van der Waals surface area contributed by atoms with E-state index in [-0.39, 0.29) is 0 Å². The van der Waals surface area contributed by atoms with Crippen LogP contribution in [-0.4, -0.2) is 33.5 Å². The van der Waals surface area contributed by atoms with Gasteiger partial charge in [0.05, 0.1) is 18.2 Å². The van der Waals surface area contributed by atoms with E-state index in [1.807, 2.05) is 13.0 Å². The summed E-state index contributed by atoms with van der Waals surface area (Å²) < 4.78 is 15.9. The quantitative estimate of drug-likeness (QED) is 0.663. The summed E-state index contributed by atoms with van der Waals surface area (Å²) >= 11 is 0. The zero-order valence-electron chi connectivity index (χ0n) is 10.9. The van der Waals surface area contributed by atoms with Gasteiger partial charge in [-0.3, -0.25) is 0 Å². The molecule has 0 aromatic heterocycles. The third-order valence-electron chi connectivity index (χ3n) is 2.44. The Hall–Kier alpha value is -1.57. The van der Waals surface area contributed by atoms with Crippen LogP contribution in [0.25, 0.3) is 0 Å². The first-order valence-electron chi connectivity index (χ1n) is 5.98. The Bertz CT molecular complexity index is 399. The van der Waals surface area contributed by atoms with Crippen molar-refractivity contribution < 1.29 is 14.2 Å². The third-order valence-corrected chi connectivity index (χ3v) is 2.44. The third kappa shape index (κ3) is 5.17. The standard InChI is InChI=1S/C14H19NO3/c1-12-4-5-13(11-15)10-14(12)18-9-8-17-7-3-6-16-2/h4-5,10H,3,6-9H2,1-2H3. The Labute approximate surface area is 108 Å². The molecule has 4 heteroatoms. The molecule has 0 heterocycles. The molecule has 0 aliphatic carbocycles. The van der Waals surface area contributed by atoms with E-state index in [1.165, 1.54) is 0 Å². The summed E-state index contributed by atoms with van der Waals surface area (Å²) in [5, 5.41) is 8.80. The molecule has 1 aromatic rings. The number of rotatable bonds is 8. The van der Waals surface area contributed by atoms with E-state index >= 15 is 0 Å². The lowest BCUT2D eigenvalue weighted by Crippen LogP contribution is -2.09. The van der Waals surface area contributed by atoms with Crippen molar-refractivity contribution in [3.63, 3.8) is 0 Å². The van der Waals surface area contributed by atoms with Gasteiger partial charge in [-0.1, -0.05) is 6.07 Å². The number of benzene rings is 1. The molecule has 0 fully saturated rings. The lowest BCUT2D eigenvalue weighted by atomic mass is 10.1. The van der Waals surface area contributed by atoms with Crippen LogP contribution in [0.4, 0.5) is 0 Å². The Morgan fingerprint density at radius 1 is 1.17 bits per heavy atom. The minimum absolute atomic E-state index is 0.489. The van der Waals surface area contributed by atoms with Crippen LogP contribution in [0.5, 0.6) is 5.75 Å². The van der Waals surface area contributed by atoms with Crippen LogP contribution in [-0.2, 0) is 9.47 Å². The van der Waals surface area contributed by atoms with Crippen LogP contribution in [0.3, 0.4) is 0 Å². The maximum atomic E-state index is 8.80. The summed E-state index contributed by atoms with van der Waals surface area (Å²) in [6, 6.07) is 7.51. The highest BCUT2D eigenvalue weighted by Crippen LogP contribution is 2.18. The molecular weight excluding hydrogens is 230 g/mol. The van der Waals surface area contributed by atoms with E-state index in [0.29, 0.717) is 32.0 Å². The maximum Gasteiger partial charge on any atom is 0.123 e. The minimum Gasteiger partial charge on any atom is -0.491 e. The first-order chi connectivity index (χ1) is 8.77. The Balaban J connectivity index is 2.25. The molecule has 0 saturated heterocycles. The zero-order chi connectivity index (χ0) is 13.2. The van der Waals surface area contributed by atoms with Gasteiger partial charge in [0, 0.05) is 20.3 Å². The van der Waals surface area contributed by atoms with E-state index in [4.69, 9.17) is 19.5 Å². The van der Waals surface area contributed by atoms with Gasteiger partial charge in [-0.2, -0.15) is 5.26 Å². The molecular formula is C14H19NO3. The molecule has 0 aliphatic heterocycles. The van der Waals surface area contributed by atoms with Crippen molar-refractivity contribution in [1.82, 2.24) is 0 Å². The number of methoxy groups -OCH3 is 1. The second kappa shape index (κ2) is 8.51. The smallest absolute Gasteiger partial charge is 0.123 e. The lowest BCUT2D eigenvalue weighted by Gasteiger charge is -2.09. The van der Waals surface area contributed by atoms with Crippen molar-refractivity contribution in [3.05, 3.63) is 29.3 Å². The second-order valence-corrected chi connectivity index (χ2v) is 3.90. The number of nitriles is 1. The Morgan fingerprint density at radius 3 is 2.72 bits per heavy atom. The van der Waals surface area contributed by atoms with Crippen LogP contribution in [0.2, 0.25) is 0 Å². The lowest BCUT2D eigenvalue weighted by molar-refractivity contribution is 0.0805. The summed E-state index contributed by atoms with van der Waals surface area (Å²) in [5.41, 5.74) is 1.63. The maximum absolute atomic E-state index is 8.80. The van der Waals surface area contributed by atoms with Crippen molar-refractivity contribution in [2.45, 2.75) is 13.3 Å². The van der Waals surface area contributed by atoms with Crippen molar-refractivity contribution in [2.75, 3.05) is 33.5 Å². The van der Waals surface area contributed by atoms with Gasteiger partial charge in [0.25, 0.3) is 0 Å². The molecule has 0 spiro atoms. The van der Waals surface area contributed by atoms with Gasteiger partial charge in [-0.25, -0.2) is 0 Å². The monoisotopic (exact) mass is 249 g/mol. The average Bonchev–Trinajstić information content (AvgIpc) is 2.39.